The SMILES string of the molecule is O=C(Nc1cc(NS(=O)(=O)CCN2CCCCC2)cc(C(F)C(F)F)c1)c1c[nH]c2ccccc2c1=O. The van der Waals surface area contributed by atoms with Crippen LogP contribution in [0.15, 0.2) is 53.5 Å². The molecule has 0 radical (unpaired) electrons. The number of aromatic nitrogens is 1. The molecule has 4 rings (SSSR count). The van der Waals surface area contributed by atoms with E-state index in [1.807, 2.05) is 4.90 Å². The number of nitrogens with one attached hydrogen (secondary N) is 3. The molecule has 1 saturated heterocycles. The molecule has 1 aliphatic heterocycles. The predicted molar refractivity (Wildman–Crippen MR) is 137 cm³/mol. The number of benzene rings is 2. The summed E-state index contributed by atoms with van der Waals surface area (Å²) in [5.41, 5.74) is -1.14. The van der Waals surface area contributed by atoms with Crippen molar-refractivity contribution >= 4 is 38.2 Å². The Labute approximate surface area is 211 Å². The van der Waals surface area contributed by atoms with Crippen LogP contribution in [-0.4, -0.2) is 56.0 Å². The van der Waals surface area contributed by atoms with E-state index in [1.165, 1.54) is 12.3 Å². The summed E-state index contributed by atoms with van der Waals surface area (Å²) < 4.78 is 68.1. The average Bonchev–Trinajstić information content (AvgIpc) is 2.87. The lowest BCUT2D eigenvalue weighted by molar-refractivity contribution is 0.0496. The second-order valence-corrected chi connectivity index (χ2v) is 10.8. The Hall–Kier alpha value is -3.38. The molecule has 8 nitrogen and oxygen atoms in total. The van der Waals surface area contributed by atoms with E-state index in [1.54, 1.807) is 24.3 Å². The first kappa shape index (κ1) is 26.7. The Morgan fingerprint density at radius 1 is 1.03 bits per heavy atom. The third-order valence-corrected chi connectivity index (χ3v) is 7.45. The minimum atomic E-state index is -3.89. The number of piperidine rings is 1. The Balaban J connectivity index is 1.57. The van der Waals surface area contributed by atoms with Crippen molar-refractivity contribution in [3.63, 3.8) is 0 Å². The number of amides is 1. The van der Waals surface area contributed by atoms with E-state index in [9.17, 15) is 31.2 Å². The first-order chi connectivity index (χ1) is 17.6. The molecule has 1 fully saturated rings. The van der Waals surface area contributed by atoms with Crippen LogP contribution in [0.2, 0.25) is 0 Å². The second-order valence-electron chi connectivity index (χ2n) is 8.93. The fourth-order valence-corrected chi connectivity index (χ4v) is 5.36. The zero-order valence-electron chi connectivity index (χ0n) is 19.8. The Morgan fingerprint density at radius 3 is 2.46 bits per heavy atom. The normalized spacial score (nSPS) is 15.6. The molecule has 1 unspecified atom stereocenters. The van der Waals surface area contributed by atoms with Gasteiger partial charge in [-0.15, -0.1) is 0 Å². The van der Waals surface area contributed by atoms with Crippen molar-refractivity contribution in [3.8, 4) is 0 Å². The van der Waals surface area contributed by atoms with Crippen LogP contribution in [0.3, 0.4) is 0 Å². The second kappa shape index (κ2) is 11.3. The molecule has 0 aliphatic carbocycles. The summed E-state index contributed by atoms with van der Waals surface area (Å²) in [6.45, 7) is 1.89. The van der Waals surface area contributed by atoms with Gasteiger partial charge in [0.2, 0.25) is 15.5 Å². The summed E-state index contributed by atoms with van der Waals surface area (Å²) in [5.74, 6) is -1.10. The molecule has 37 heavy (non-hydrogen) atoms. The van der Waals surface area contributed by atoms with Gasteiger partial charge < -0.3 is 15.2 Å². The molecular weight excluding hydrogens is 509 g/mol. The maximum Gasteiger partial charge on any atom is 0.273 e. The number of hydrogen-bond donors (Lipinski definition) is 3. The highest BCUT2D eigenvalue weighted by molar-refractivity contribution is 7.92. The maximum atomic E-state index is 14.2. The van der Waals surface area contributed by atoms with Gasteiger partial charge in [0, 0.05) is 29.3 Å². The first-order valence-electron chi connectivity index (χ1n) is 11.8. The lowest BCUT2D eigenvalue weighted by Crippen LogP contribution is -2.35. The van der Waals surface area contributed by atoms with Gasteiger partial charge in [0.05, 0.1) is 11.4 Å². The molecule has 3 N–H and O–H groups in total. The molecule has 2 heterocycles. The van der Waals surface area contributed by atoms with Crippen LogP contribution in [0, 0.1) is 0 Å². The number of carbonyl (C=O) groups excluding carboxylic acids is 1. The van der Waals surface area contributed by atoms with Gasteiger partial charge in [0.15, 0.2) is 6.17 Å². The quantitative estimate of drug-likeness (QED) is 0.378. The van der Waals surface area contributed by atoms with E-state index >= 15 is 0 Å². The summed E-state index contributed by atoms with van der Waals surface area (Å²) in [5, 5.41) is 2.67. The van der Waals surface area contributed by atoms with Gasteiger partial charge in [-0.05, 0) is 61.8 Å². The zero-order valence-corrected chi connectivity index (χ0v) is 20.7. The van der Waals surface area contributed by atoms with E-state index < -0.39 is 39.5 Å². The van der Waals surface area contributed by atoms with E-state index in [2.05, 4.69) is 15.0 Å². The number of carbonyl (C=O) groups is 1. The van der Waals surface area contributed by atoms with Crippen LogP contribution < -0.4 is 15.5 Å². The van der Waals surface area contributed by atoms with Crippen LogP contribution in [0.5, 0.6) is 0 Å². The fraction of sp³-hybridized carbons (Fsp3) is 0.360. The topological polar surface area (TPSA) is 111 Å². The molecule has 1 aromatic heterocycles. The van der Waals surface area contributed by atoms with Gasteiger partial charge >= 0.3 is 0 Å². The largest absolute Gasteiger partial charge is 0.360 e. The minimum Gasteiger partial charge on any atom is -0.360 e. The third kappa shape index (κ3) is 6.69. The number of para-hydroxylation sites is 1. The highest BCUT2D eigenvalue weighted by atomic mass is 32.2. The van der Waals surface area contributed by atoms with Gasteiger partial charge in [-0.3, -0.25) is 14.3 Å². The number of hydrogen-bond acceptors (Lipinski definition) is 5. The number of rotatable bonds is 9. The molecule has 1 amide bonds. The Morgan fingerprint density at radius 2 is 1.73 bits per heavy atom. The number of alkyl halides is 3. The first-order valence-corrected chi connectivity index (χ1v) is 13.5. The standard InChI is InChI=1S/C25H27F3N4O4S/c26-22(24(27)28)16-12-17(30-25(34)20-15-29-21-7-3-2-6-19(21)23(20)33)14-18(13-16)31-37(35,36)11-10-32-8-4-1-5-9-32/h2-3,6-7,12-15,22,24,31H,1,4-5,8-11H2,(H,29,33)(H,30,34). The van der Waals surface area contributed by atoms with E-state index in [0.717, 1.165) is 44.5 Å². The molecule has 3 aromatic rings. The summed E-state index contributed by atoms with van der Waals surface area (Å²) in [6, 6.07) is 9.69. The van der Waals surface area contributed by atoms with Crippen molar-refractivity contribution < 1.29 is 26.4 Å². The summed E-state index contributed by atoms with van der Waals surface area (Å²) in [7, 11) is -3.89. The molecule has 12 heteroatoms. The molecule has 1 aliphatic rings. The van der Waals surface area contributed by atoms with Crippen LogP contribution in [0.1, 0.15) is 41.4 Å². The number of likely N-dealkylation sites (tertiary alicyclic amines) is 1. The molecule has 1 atom stereocenters. The van der Waals surface area contributed by atoms with Crippen molar-refractivity contribution in [2.45, 2.75) is 31.9 Å². The highest BCUT2D eigenvalue weighted by Gasteiger charge is 2.24. The number of nitrogens with zero attached hydrogens (tertiary/aromatic N) is 1. The predicted octanol–water partition coefficient (Wildman–Crippen LogP) is 4.28. The summed E-state index contributed by atoms with van der Waals surface area (Å²) in [4.78, 5) is 30.5. The van der Waals surface area contributed by atoms with Crippen LogP contribution in [0.4, 0.5) is 24.5 Å². The monoisotopic (exact) mass is 536 g/mol. The Kier molecular flexibility index (Phi) is 8.18. The number of H-pyrrole nitrogens is 1. The number of fused-ring (bicyclic) bond motifs is 1. The van der Waals surface area contributed by atoms with Crippen molar-refractivity contribution in [3.05, 3.63) is 70.0 Å². The van der Waals surface area contributed by atoms with Gasteiger partial charge in [0.25, 0.3) is 12.3 Å². The number of aromatic amines is 1. The van der Waals surface area contributed by atoms with E-state index in [4.69, 9.17) is 0 Å². The minimum absolute atomic E-state index is 0.146. The number of anilines is 2. The molecule has 0 spiro atoms. The smallest absolute Gasteiger partial charge is 0.273 e. The van der Waals surface area contributed by atoms with Gasteiger partial charge in [-0.2, -0.15) is 0 Å². The highest BCUT2D eigenvalue weighted by Crippen LogP contribution is 2.30. The molecule has 198 valence electrons. The van der Waals surface area contributed by atoms with Gasteiger partial charge in [-0.25, -0.2) is 21.6 Å². The summed E-state index contributed by atoms with van der Waals surface area (Å²) in [6.07, 6.45) is -1.78. The molecular formula is C25H27F3N4O4S. The number of pyridine rings is 1. The van der Waals surface area contributed by atoms with E-state index in [0.29, 0.717) is 12.1 Å². The van der Waals surface area contributed by atoms with Crippen molar-refractivity contribution in [2.24, 2.45) is 0 Å². The lowest BCUT2D eigenvalue weighted by Gasteiger charge is -2.26. The van der Waals surface area contributed by atoms with E-state index in [-0.39, 0.29) is 28.1 Å². The van der Waals surface area contributed by atoms with Crippen LogP contribution >= 0.6 is 0 Å². The number of sulfonamides is 1. The van der Waals surface area contributed by atoms with Crippen LogP contribution in [-0.2, 0) is 10.0 Å². The van der Waals surface area contributed by atoms with Crippen molar-refractivity contribution in [2.75, 3.05) is 35.4 Å². The zero-order chi connectivity index (χ0) is 26.6. The maximum absolute atomic E-state index is 14.2. The van der Waals surface area contributed by atoms with Crippen LogP contribution in [0.25, 0.3) is 10.9 Å². The summed E-state index contributed by atoms with van der Waals surface area (Å²) >= 11 is 0. The lowest BCUT2D eigenvalue weighted by atomic mass is 10.1. The van der Waals surface area contributed by atoms with Gasteiger partial charge in [0.1, 0.15) is 5.56 Å². The Bertz CT molecular complexity index is 1440. The van der Waals surface area contributed by atoms with Crippen molar-refractivity contribution in [1.82, 2.24) is 9.88 Å². The molecule has 2 aromatic carbocycles. The van der Waals surface area contributed by atoms with Gasteiger partial charge in [-0.1, -0.05) is 18.6 Å². The average molecular weight is 537 g/mol. The number of halogens is 3. The molecule has 0 saturated carbocycles. The van der Waals surface area contributed by atoms with Crippen molar-refractivity contribution in [1.29, 1.82) is 0 Å². The fourth-order valence-electron chi connectivity index (χ4n) is 4.28. The third-order valence-electron chi connectivity index (χ3n) is 6.18. The molecule has 0 bridgehead atoms.